The van der Waals surface area contributed by atoms with Gasteiger partial charge >= 0.3 is 0 Å². The highest BCUT2D eigenvalue weighted by Gasteiger charge is 2.50. The third-order valence-corrected chi connectivity index (χ3v) is 14.2. The van der Waals surface area contributed by atoms with Gasteiger partial charge in [0.1, 0.15) is 11.5 Å². The molecule has 4 aliphatic rings. The summed E-state index contributed by atoms with van der Waals surface area (Å²) in [5.41, 5.74) is 20.4. The number of fused-ring (bicyclic) bond motifs is 19. The van der Waals surface area contributed by atoms with Crippen LogP contribution in [0.2, 0.25) is 0 Å². The Balaban J connectivity index is 1.26. The lowest BCUT2D eigenvalue weighted by Crippen LogP contribution is -2.64. The molecule has 6 heteroatoms. The summed E-state index contributed by atoms with van der Waals surface area (Å²) in [4.78, 5) is 0. The predicted molar refractivity (Wildman–Crippen MR) is 244 cm³/mol. The summed E-state index contributed by atoms with van der Waals surface area (Å²) in [7, 11) is 0. The molecular formula is C52H33B2N3O. The summed E-state index contributed by atoms with van der Waals surface area (Å²) in [6.45, 7) is 6.90. The minimum atomic E-state index is -0.0412. The Morgan fingerprint density at radius 1 is 0.414 bits per heavy atom. The van der Waals surface area contributed by atoms with E-state index in [2.05, 4.69) is 180 Å². The Kier molecular flexibility index (Phi) is 5.10. The van der Waals surface area contributed by atoms with E-state index in [0.29, 0.717) is 0 Å². The van der Waals surface area contributed by atoms with Crippen LogP contribution in [0.25, 0.3) is 82.5 Å². The molecule has 0 atom stereocenters. The molecule has 0 aliphatic carbocycles. The highest BCUT2D eigenvalue weighted by Crippen LogP contribution is 2.47. The molecule has 3 aromatic heterocycles. The van der Waals surface area contributed by atoms with Crippen LogP contribution >= 0.6 is 0 Å². The maximum atomic E-state index is 7.61. The molecular weight excluding hydrogens is 704 g/mol. The topological polar surface area (TPSA) is 24.0 Å². The van der Waals surface area contributed by atoms with Crippen molar-refractivity contribution >= 4 is 112 Å². The Morgan fingerprint density at radius 2 is 0.845 bits per heavy atom. The van der Waals surface area contributed by atoms with Gasteiger partial charge in [-0.15, -0.1) is 0 Å². The summed E-state index contributed by atoms with van der Waals surface area (Å²) in [5.74, 6) is 1.92. The maximum Gasteiger partial charge on any atom is 0.256 e. The van der Waals surface area contributed by atoms with E-state index >= 15 is 0 Å². The van der Waals surface area contributed by atoms with E-state index in [1.807, 2.05) is 0 Å². The average Bonchev–Trinajstić information content (AvgIpc) is 3.89. The van der Waals surface area contributed by atoms with Crippen molar-refractivity contribution in [2.45, 2.75) is 26.2 Å². The number of hydrogen-bond acceptors (Lipinski definition) is 1. The molecule has 8 aromatic carbocycles. The molecule has 0 bridgehead atoms. The third kappa shape index (κ3) is 3.24. The van der Waals surface area contributed by atoms with Gasteiger partial charge in [0.15, 0.2) is 0 Å². The van der Waals surface area contributed by atoms with E-state index in [9.17, 15) is 0 Å². The molecule has 0 fully saturated rings. The molecule has 7 heterocycles. The van der Waals surface area contributed by atoms with Crippen molar-refractivity contribution < 1.29 is 4.74 Å². The zero-order valence-electron chi connectivity index (χ0n) is 32.3. The van der Waals surface area contributed by atoms with E-state index in [0.717, 1.165) is 11.5 Å². The van der Waals surface area contributed by atoms with Gasteiger partial charge in [0.05, 0.1) is 33.6 Å². The molecule has 0 unspecified atom stereocenters. The molecule has 268 valence electrons. The SMILES string of the molecule is CC(C)(C)c1ccc2c(c1)B1c3c(c4c5c(c3-n3c6ccccc6c6cccc1c63)-n1c3ccccc3c3cccc(c31)B5c1cccc3c5ccccc5n-4c13)O2. The average molecular weight is 737 g/mol. The number of para-hydroxylation sites is 6. The molecule has 4 aliphatic heterocycles. The van der Waals surface area contributed by atoms with Gasteiger partial charge in [0, 0.05) is 54.3 Å². The smallest absolute Gasteiger partial charge is 0.256 e. The molecule has 0 N–H and O–H groups in total. The first-order valence-electron chi connectivity index (χ1n) is 20.6. The number of aromatic nitrogens is 3. The van der Waals surface area contributed by atoms with Crippen LogP contribution in [-0.2, 0) is 5.41 Å². The first-order chi connectivity index (χ1) is 28.5. The van der Waals surface area contributed by atoms with Crippen molar-refractivity contribution in [1.29, 1.82) is 0 Å². The van der Waals surface area contributed by atoms with Crippen molar-refractivity contribution in [2.75, 3.05) is 0 Å². The monoisotopic (exact) mass is 737 g/mol. The van der Waals surface area contributed by atoms with E-state index < -0.39 is 0 Å². The highest BCUT2D eigenvalue weighted by molar-refractivity contribution is 7.02. The quantitative estimate of drug-likeness (QED) is 0.144. The molecule has 0 radical (unpaired) electrons. The number of nitrogens with zero attached hydrogens (tertiary/aromatic N) is 3. The minimum Gasteiger partial charge on any atom is -0.456 e. The lowest BCUT2D eigenvalue weighted by atomic mass is 9.31. The Labute approximate surface area is 334 Å². The normalized spacial score (nSPS) is 14.2. The van der Waals surface area contributed by atoms with Crippen LogP contribution in [0.3, 0.4) is 0 Å². The van der Waals surface area contributed by atoms with Crippen molar-refractivity contribution in [3.05, 3.63) is 151 Å². The van der Waals surface area contributed by atoms with Crippen LogP contribution in [0, 0.1) is 0 Å². The second-order valence-electron chi connectivity index (χ2n) is 18.0. The van der Waals surface area contributed by atoms with Crippen molar-refractivity contribution in [2.24, 2.45) is 0 Å². The standard InChI is InChI=1S/C52H33B2N3O/c1-52(2,3)28-25-26-42-38(27-28)54-37-21-12-17-33-30-14-5-8-23-40(30)56(46(33)37)49-44(54)51(58-42)50-43-48(49)55-39-22-7-4-13-29(39)32-16-10-19-35(45(32)55)53(43)36-20-11-18-34-31-15-6-9-24-41(31)57(50)47(34)36/h4-27H,1-3H3. The van der Waals surface area contributed by atoms with Gasteiger partial charge in [-0.25, -0.2) is 0 Å². The van der Waals surface area contributed by atoms with Crippen LogP contribution in [0.5, 0.6) is 11.5 Å². The van der Waals surface area contributed by atoms with Gasteiger partial charge in [-0.05, 0) is 62.6 Å². The van der Waals surface area contributed by atoms with Gasteiger partial charge in [-0.2, -0.15) is 0 Å². The minimum absolute atomic E-state index is 0.00576. The summed E-state index contributed by atoms with van der Waals surface area (Å²) in [6.07, 6.45) is 0. The van der Waals surface area contributed by atoms with Crippen LogP contribution in [0.1, 0.15) is 26.3 Å². The van der Waals surface area contributed by atoms with Crippen molar-refractivity contribution in [3.63, 3.8) is 0 Å². The zero-order chi connectivity index (χ0) is 37.9. The molecule has 0 saturated heterocycles. The fourth-order valence-corrected chi connectivity index (χ4v) is 12.0. The molecule has 4 nitrogen and oxygen atoms in total. The van der Waals surface area contributed by atoms with Gasteiger partial charge in [0.25, 0.3) is 13.4 Å². The van der Waals surface area contributed by atoms with Crippen LogP contribution in [-0.4, -0.2) is 27.1 Å². The largest absolute Gasteiger partial charge is 0.456 e. The van der Waals surface area contributed by atoms with E-state index in [-0.39, 0.29) is 18.8 Å². The fourth-order valence-electron chi connectivity index (χ4n) is 12.0. The van der Waals surface area contributed by atoms with Crippen LogP contribution in [0.4, 0.5) is 0 Å². The molecule has 15 rings (SSSR count). The Hall–Kier alpha value is -6.91. The number of rotatable bonds is 0. The summed E-state index contributed by atoms with van der Waals surface area (Å²) >= 11 is 0. The second kappa shape index (κ2) is 9.78. The third-order valence-electron chi connectivity index (χ3n) is 14.2. The van der Waals surface area contributed by atoms with Crippen LogP contribution < -0.4 is 37.5 Å². The van der Waals surface area contributed by atoms with Gasteiger partial charge in [-0.1, -0.05) is 142 Å². The van der Waals surface area contributed by atoms with Gasteiger partial charge in [-0.3, -0.25) is 0 Å². The fraction of sp³-hybridized carbons (Fsp3) is 0.0769. The number of benzene rings is 8. The lowest BCUT2D eigenvalue weighted by Gasteiger charge is -2.42. The van der Waals surface area contributed by atoms with Gasteiger partial charge < -0.3 is 18.4 Å². The molecule has 0 amide bonds. The van der Waals surface area contributed by atoms with Crippen molar-refractivity contribution in [3.8, 4) is 28.6 Å². The number of ether oxygens (including phenoxy) is 1. The molecule has 11 aromatic rings. The van der Waals surface area contributed by atoms with Crippen LogP contribution in [0.15, 0.2) is 146 Å². The molecule has 0 saturated carbocycles. The molecule has 58 heavy (non-hydrogen) atoms. The van der Waals surface area contributed by atoms with E-state index in [1.54, 1.807) is 0 Å². The highest BCUT2D eigenvalue weighted by atomic mass is 16.5. The predicted octanol–water partition coefficient (Wildman–Crippen LogP) is 8.35. The van der Waals surface area contributed by atoms with E-state index in [4.69, 9.17) is 4.74 Å². The number of hydrogen-bond donors (Lipinski definition) is 0. The Morgan fingerprint density at radius 3 is 1.34 bits per heavy atom. The summed E-state index contributed by atoms with van der Waals surface area (Å²) in [6, 6.07) is 55.0. The summed E-state index contributed by atoms with van der Waals surface area (Å²) in [5, 5.41) is 7.71. The Bertz CT molecular complexity index is 3780. The summed E-state index contributed by atoms with van der Waals surface area (Å²) < 4.78 is 15.5. The first-order valence-corrected chi connectivity index (χ1v) is 20.6. The second-order valence-corrected chi connectivity index (χ2v) is 18.0. The first kappa shape index (κ1) is 30.3. The van der Waals surface area contributed by atoms with Crippen molar-refractivity contribution in [1.82, 2.24) is 13.7 Å². The lowest BCUT2D eigenvalue weighted by molar-refractivity contribution is 0.484. The zero-order valence-corrected chi connectivity index (χ0v) is 32.3. The molecule has 0 spiro atoms. The maximum absolute atomic E-state index is 7.61. The van der Waals surface area contributed by atoms with E-state index in [1.165, 1.54) is 121 Å². The van der Waals surface area contributed by atoms with Gasteiger partial charge in [0.2, 0.25) is 0 Å².